The fraction of sp³-hybridized carbons (Fsp3) is 0.385. The fourth-order valence-corrected chi connectivity index (χ4v) is 3.35. The molecule has 0 atom stereocenters. The van der Waals surface area contributed by atoms with Gasteiger partial charge in [0.15, 0.2) is 11.4 Å². The lowest BCUT2D eigenvalue weighted by Crippen LogP contribution is -2.38. The third-order valence-electron chi connectivity index (χ3n) is 5.26. The fourth-order valence-electron chi connectivity index (χ4n) is 3.35. The van der Waals surface area contributed by atoms with Gasteiger partial charge in [-0.15, -0.1) is 0 Å². The largest absolute Gasteiger partial charge is 0.493 e. The van der Waals surface area contributed by atoms with Gasteiger partial charge in [-0.2, -0.15) is 0 Å². The van der Waals surface area contributed by atoms with Gasteiger partial charge in [-0.1, -0.05) is 13.8 Å². The van der Waals surface area contributed by atoms with E-state index in [4.69, 9.17) is 14.2 Å². The first-order valence-electron chi connectivity index (χ1n) is 10.7. The van der Waals surface area contributed by atoms with Crippen molar-refractivity contribution in [1.82, 2.24) is 0 Å². The zero-order chi connectivity index (χ0) is 23.6. The van der Waals surface area contributed by atoms with Gasteiger partial charge in [0.1, 0.15) is 17.2 Å². The summed E-state index contributed by atoms with van der Waals surface area (Å²) in [5.41, 5.74) is 1.47. The van der Waals surface area contributed by atoms with Crippen molar-refractivity contribution >= 4 is 17.8 Å². The molecule has 0 amide bonds. The van der Waals surface area contributed by atoms with Crippen LogP contribution >= 0.6 is 0 Å². The minimum absolute atomic E-state index is 0.184. The van der Waals surface area contributed by atoms with Crippen LogP contribution in [-0.4, -0.2) is 29.1 Å². The second kappa shape index (κ2) is 9.07. The van der Waals surface area contributed by atoms with Gasteiger partial charge in [-0.05, 0) is 87.1 Å². The molecule has 1 N–H and O–H groups in total. The van der Waals surface area contributed by atoms with Crippen LogP contribution in [0.2, 0.25) is 0 Å². The maximum Gasteiger partial charge on any atom is 0.347 e. The normalized spacial score (nSPS) is 14.5. The molecule has 3 rings (SSSR count). The average molecular weight is 439 g/mol. The number of ketones is 1. The zero-order valence-electron chi connectivity index (χ0n) is 19.4. The first kappa shape index (κ1) is 23.4. The second-order valence-corrected chi connectivity index (χ2v) is 9.03. The lowest BCUT2D eigenvalue weighted by atomic mass is 10.0. The number of hydrogen-bond donors (Lipinski definition) is 1. The first-order chi connectivity index (χ1) is 15.0. The van der Waals surface area contributed by atoms with Gasteiger partial charge >= 0.3 is 5.97 Å². The summed E-state index contributed by atoms with van der Waals surface area (Å²) in [6.45, 7) is 11.6. The maximum absolute atomic E-state index is 12.8. The van der Waals surface area contributed by atoms with Crippen LogP contribution in [-0.2, 0) is 4.79 Å². The van der Waals surface area contributed by atoms with Crippen LogP contribution in [0, 0.1) is 19.8 Å². The molecule has 0 saturated heterocycles. The van der Waals surface area contributed by atoms with E-state index in [-0.39, 0.29) is 11.5 Å². The van der Waals surface area contributed by atoms with Crippen LogP contribution in [0.1, 0.15) is 61.2 Å². The molecule has 0 spiro atoms. The van der Waals surface area contributed by atoms with E-state index >= 15 is 0 Å². The molecular weight excluding hydrogens is 408 g/mol. The van der Waals surface area contributed by atoms with Crippen molar-refractivity contribution < 1.29 is 28.9 Å². The lowest BCUT2D eigenvalue weighted by molar-refractivity contribution is -0.152. The van der Waals surface area contributed by atoms with E-state index in [1.165, 1.54) is 13.8 Å². The number of benzene rings is 2. The molecule has 0 radical (unpaired) electrons. The molecule has 0 bridgehead atoms. The summed E-state index contributed by atoms with van der Waals surface area (Å²) in [6.07, 6.45) is 2.64. The van der Waals surface area contributed by atoms with Gasteiger partial charge in [0.2, 0.25) is 5.78 Å². The number of carbonyl (C=O) groups is 2. The summed E-state index contributed by atoms with van der Waals surface area (Å²) in [5, 5.41) is 9.34. The predicted octanol–water partition coefficient (Wildman–Crippen LogP) is 5.59. The second-order valence-electron chi connectivity index (χ2n) is 9.03. The number of aryl methyl sites for hydroxylation is 2. The quantitative estimate of drug-likeness (QED) is 0.541. The summed E-state index contributed by atoms with van der Waals surface area (Å²) in [5.74, 6) is 1.24. The number of carboxylic acid groups (broad SMARTS) is 1. The van der Waals surface area contributed by atoms with Crippen LogP contribution in [0.5, 0.6) is 17.2 Å². The number of aliphatic carboxylic acids is 1. The number of rotatable bonds is 8. The molecule has 0 aromatic heterocycles. The van der Waals surface area contributed by atoms with Gasteiger partial charge in [0.05, 0.1) is 12.2 Å². The highest BCUT2D eigenvalue weighted by molar-refractivity contribution is 6.14. The SMILES string of the molecule is Cc1cc(/C=C2\Oc3cc(OCCC(C)C)ccc3C2=O)cc(C)c1OC(C)(C)C(=O)O. The van der Waals surface area contributed by atoms with Crippen molar-refractivity contribution in [3.05, 3.63) is 58.3 Å². The summed E-state index contributed by atoms with van der Waals surface area (Å²) < 4.78 is 17.4. The van der Waals surface area contributed by atoms with E-state index in [9.17, 15) is 14.7 Å². The molecule has 0 saturated carbocycles. The number of allylic oxidation sites excluding steroid dienone is 1. The Morgan fingerprint density at radius 3 is 2.41 bits per heavy atom. The number of hydrogen-bond acceptors (Lipinski definition) is 5. The Labute approximate surface area is 188 Å². The van der Waals surface area contributed by atoms with Gasteiger partial charge in [0, 0.05) is 6.07 Å². The van der Waals surface area contributed by atoms with E-state index in [1.807, 2.05) is 26.0 Å². The van der Waals surface area contributed by atoms with Gasteiger partial charge in [-0.3, -0.25) is 4.79 Å². The molecule has 6 heteroatoms. The summed E-state index contributed by atoms with van der Waals surface area (Å²) in [4.78, 5) is 24.2. The van der Waals surface area contributed by atoms with Crippen LogP contribution in [0.15, 0.2) is 36.1 Å². The number of carboxylic acids is 1. The molecule has 170 valence electrons. The molecular formula is C26H30O6. The van der Waals surface area contributed by atoms with Gasteiger partial charge in [0.25, 0.3) is 0 Å². The van der Waals surface area contributed by atoms with Gasteiger partial charge in [-0.25, -0.2) is 4.79 Å². The van der Waals surface area contributed by atoms with E-state index in [2.05, 4.69) is 13.8 Å². The summed E-state index contributed by atoms with van der Waals surface area (Å²) in [6, 6.07) is 8.94. The highest BCUT2D eigenvalue weighted by Crippen LogP contribution is 2.36. The number of Topliss-reactive ketones (excluding diaryl/α,β-unsaturated/α-hetero) is 1. The van der Waals surface area contributed by atoms with Crippen LogP contribution in [0.3, 0.4) is 0 Å². The Morgan fingerprint density at radius 2 is 1.81 bits per heavy atom. The zero-order valence-corrected chi connectivity index (χ0v) is 19.4. The van der Waals surface area contributed by atoms with E-state index in [1.54, 1.807) is 24.3 Å². The molecule has 32 heavy (non-hydrogen) atoms. The van der Waals surface area contributed by atoms with Crippen molar-refractivity contribution in [2.75, 3.05) is 6.61 Å². The summed E-state index contributed by atoms with van der Waals surface area (Å²) in [7, 11) is 0. The van der Waals surface area contributed by atoms with Gasteiger partial charge < -0.3 is 19.3 Å². The minimum atomic E-state index is -1.35. The Morgan fingerprint density at radius 1 is 1.16 bits per heavy atom. The lowest BCUT2D eigenvalue weighted by Gasteiger charge is -2.24. The molecule has 0 fully saturated rings. The molecule has 2 aromatic carbocycles. The maximum atomic E-state index is 12.8. The molecule has 0 unspecified atom stereocenters. The van der Waals surface area contributed by atoms with E-state index in [0.717, 1.165) is 23.1 Å². The third-order valence-corrected chi connectivity index (χ3v) is 5.26. The average Bonchev–Trinajstić information content (AvgIpc) is 2.99. The number of fused-ring (bicyclic) bond motifs is 1. The monoisotopic (exact) mass is 438 g/mol. The van der Waals surface area contributed by atoms with Crippen molar-refractivity contribution in [2.45, 2.75) is 53.6 Å². The van der Waals surface area contributed by atoms with Crippen molar-refractivity contribution in [2.24, 2.45) is 5.92 Å². The number of ether oxygens (including phenoxy) is 3. The number of carbonyl (C=O) groups excluding carboxylic acids is 1. The highest BCUT2D eigenvalue weighted by Gasteiger charge is 2.31. The summed E-state index contributed by atoms with van der Waals surface area (Å²) >= 11 is 0. The van der Waals surface area contributed by atoms with Crippen molar-refractivity contribution in [3.8, 4) is 17.2 Å². The van der Waals surface area contributed by atoms with Crippen molar-refractivity contribution in [1.29, 1.82) is 0 Å². The first-order valence-corrected chi connectivity index (χ1v) is 10.7. The Balaban J connectivity index is 1.81. The van der Waals surface area contributed by atoms with E-state index < -0.39 is 11.6 Å². The Bertz CT molecular complexity index is 1050. The van der Waals surface area contributed by atoms with Crippen LogP contribution in [0.25, 0.3) is 6.08 Å². The Hall–Kier alpha value is -3.28. The van der Waals surface area contributed by atoms with Crippen molar-refractivity contribution in [3.63, 3.8) is 0 Å². The van der Waals surface area contributed by atoms with Crippen LogP contribution in [0.4, 0.5) is 0 Å². The standard InChI is InChI=1S/C26H30O6/c1-15(2)9-10-30-19-7-8-20-21(14-19)31-22(23(20)27)13-18-11-16(3)24(17(4)12-18)32-26(5,6)25(28)29/h7-8,11-15H,9-10H2,1-6H3,(H,28,29)/b22-13-. The van der Waals surface area contributed by atoms with E-state index in [0.29, 0.717) is 35.3 Å². The predicted molar refractivity (Wildman–Crippen MR) is 123 cm³/mol. The molecule has 1 aliphatic rings. The molecule has 1 heterocycles. The minimum Gasteiger partial charge on any atom is -0.493 e. The topological polar surface area (TPSA) is 82.1 Å². The molecule has 0 aliphatic carbocycles. The molecule has 1 aliphatic heterocycles. The third kappa shape index (κ3) is 5.13. The molecule has 6 nitrogen and oxygen atoms in total. The smallest absolute Gasteiger partial charge is 0.347 e. The van der Waals surface area contributed by atoms with Crippen LogP contribution < -0.4 is 14.2 Å². The Kier molecular flexibility index (Phi) is 6.63. The highest BCUT2D eigenvalue weighted by atomic mass is 16.5. The molecule has 2 aromatic rings.